The number of nitrogen functional groups attached to an aromatic ring is 1. The van der Waals surface area contributed by atoms with Crippen molar-refractivity contribution in [2.75, 3.05) is 5.73 Å². The maximum atomic E-state index is 13.0. The number of ketones is 1. The Balaban J connectivity index is 1.51. The molecule has 0 aliphatic heterocycles. The molecule has 0 saturated carbocycles. The average Bonchev–Trinajstić information content (AvgIpc) is 3.41. The Bertz CT molecular complexity index is 1460. The van der Waals surface area contributed by atoms with Crippen molar-refractivity contribution in [3.05, 3.63) is 106 Å². The van der Waals surface area contributed by atoms with E-state index in [9.17, 15) is 4.79 Å². The second-order valence-electron chi connectivity index (χ2n) is 7.44. The molecule has 2 aromatic heterocycles. The quantitative estimate of drug-likeness (QED) is 0.304. The van der Waals surface area contributed by atoms with Crippen LogP contribution in [0.25, 0.3) is 22.1 Å². The summed E-state index contributed by atoms with van der Waals surface area (Å²) in [6, 6.07) is 18.6. The highest BCUT2D eigenvalue weighted by atomic mass is 35.5. The highest BCUT2D eigenvalue weighted by molar-refractivity contribution is 6.37. The molecular weight excluding hydrogens is 445 g/mol. The van der Waals surface area contributed by atoms with E-state index in [4.69, 9.17) is 33.4 Å². The van der Waals surface area contributed by atoms with Crippen molar-refractivity contribution in [1.82, 2.24) is 9.55 Å². The highest BCUT2D eigenvalue weighted by Crippen LogP contribution is 2.34. The molecule has 0 bridgehead atoms. The van der Waals surface area contributed by atoms with Crippen LogP contribution < -0.4 is 5.73 Å². The van der Waals surface area contributed by atoms with Crippen molar-refractivity contribution in [1.29, 1.82) is 0 Å². The number of fused-ring (bicyclic) bond motifs is 1. The first-order valence-corrected chi connectivity index (χ1v) is 10.6. The third-order valence-electron chi connectivity index (χ3n) is 5.30. The Hall–Kier alpha value is -3.54. The van der Waals surface area contributed by atoms with Gasteiger partial charge in [-0.25, -0.2) is 4.98 Å². The zero-order valence-electron chi connectivity index (χ0n) is 16.8. The van der Waals surface area contributed by atoms with E-state index in [1.165, 1.54) is 6.07 Å². The van der Waals surface area contributed by atoms with Gasteiger partial charge in [-0.15, -0.1) is 0 Å². The number of furan rings is 1. The van der Waals surface area contributed by atoms with Crippen molar-refractivity contribution < 1.29 is 9.21 Å². The van der Waals surface area contributed by atoms with Crippen LogP contribution in [0.5, 0.6) is 0 Å². The highest BCUT2D eigenvalue weighted by Gasteiger charge is 2.22. The Morgan fingerprint density at radius 2 is 1.88 bits per heavy atom. The van der Waals surface area contributed by atoms with Crippen LogP contribution in [0.4, 0.5) is 5.69 Å². The summed E-state index contributed by atoms with van der Waals surface area (Å²) in [5, 5.41) is 1.37. The molecule has 2 N–H and O–H groups in total. The maximum absolute atomic E-state index is 13.0. The summed E-state index contributed by atoms with van der Waals surface area (Å²) in [7, 11) is 0. The summed E-state index contributed by atoms with van der Waals surface area (Å²) in [5.41, 5.74) is 10.5. The summed E-state index contributed by atoms with van der Waals surface area (Å²) in [4.78, 5) is 17.1. The van der Waals surface area contributed by atoms with E-state index in [1.807, 2.05) is 41.1 Å². The first-order chi connectivity index (χ1) is 15.5. The molecule has 0 aliphatic carbocycles. The molecule has 0 atom stereocenters. The molecule has 0 amide bonds. The van der Waals surface area contributed by atoms with Gasteiger partial charge in [0.05, 0.1) is 17.0 Å². The van der Waals surface area contributed by atoms with Crippen molar-refractivity contribution in [2.24, 2.45) is 0 Å². The third-order valence-corrected chi connectivity index (χ3v) is 5.84. The summed E-state index contributed by atoms with van der Waals surface area (Å²) in [5.74, 6) is -0.320. The van der Waals surface area contributed by atoms with Gasteiger partial charge in [0.1, 0.15) is 5.58 Å². The van der Waals surface area contributed by atoms with Crippen LogP contribution in [0, 0.1) is 0 Å². The molecule has 7 heteroatoms. The van der Waals surface area contributed by atoms with Crippen LogP contribution in [0.2, 0.25) is 10.0 Å². The summed E-state index contributed by atoms with van der Waals surface area (Å²) in [6.45, 7) is 0.726. The maximum Gasteiger partial charge on any atom is 0.231 e. The molecular formula is C25H17Cl2N3O2. The van der Waals surface area contributed by atoms with Gasteiger partial charge < -0.3 is 14.7 Å². The standard InChI is InChI=1S/C25H17Cl2N3O2/c26-18-5-7-19(21(27)12-18)24(31)25-23(28)20-6-4-17(11-22(20)32-25)16-3-1-2-15(10-16)13-30-9-8-29-14-30/h1-12,14H,13,28H2. The minimum Gasteiger partial charge on any atom is -0.450 e. The molecule has 5 aromatic rings. The van der Waals surface area contributed by atoms with Gasteiger partial charge in [0.15, 0.2) is 5.76 Å². The zero-order valence-corrected chi connectivity index (χ0v) is 18.3. The molecule has 0 fully saturated rings. The van der Waals surface area contributed by atoms with Crippen LogP contribution in [0.15, 0.2) is 83.8 Å². The molecule has 32 heavy (non-hydrogen) atoms. The lowest BCUT2D eigenvalue weighted by Gasteiger charge is -2.06. The largest absolute Gasteiger partial charge is 0.450 e. The fourth-order valence-electron chi connectivity index (χ4n) is 3.70. The number of halogens is 2. The number of aromatic nitrogens is 2. The molecule has 5 nitrogen and oxygen atoms in total. The number of anilines is 1. The molecule has 0 saturated heterocycles. The number of carbonyl (C=O) groups excluding carboxylic acids is 1. The number of nitrogens with two attached hydrogens (primary N) is 1. The number of imidazole rings is 1. The first kappa shape index (κ1) is 20.4. The molecule has 0 aliphatic rings. The Labute approximate surface area is 194 Å². The first-order valence-electron chi connectivity index (χ1n) is 9.86. The van der Waals surface area contributed by atoms with Crippen LogP contribution in [0.3, 0.4) is 0 Å². The monoisotopic (exact) mass is 461 g/mol. The van der Waals surface area contributed by atoms with Crippen LogP contribution in [0.1, 0.15) is 21.7 Å². The van der Waals surface area contributed by atoms with E-state index in [-0.39, 0.29) is 27.8 Å². The number of carbonyl (C=O) groups is 1. The molecule has 5 rings (SSSR count). The van der Waals surface area contributed by atoms with E-state index in [1.54, 1.807) is 24.7 Å². The van der Waals surface area contributed by atoms with Gasteiger partial charge in [-0.3, -0.25) is 4.79 Å². The van der Waals surface area contributed by atoms with Gasteiger partial charge in [-0.2, -0.15) is 0 Å². The van der Waals surface area contributed by atoms with Crippen molar-refractivity contribution in [3.63, 3.8) is 0 Å². The molecule has 0 unspecified atom stereocenters. The fraction of sp³-hybridized carbons (Fsp3) is 0.0400. The predicted octanol–water partition coefficient (Wildman–Crippen LogP) is 6.46. The van der Waals surface area contributed by atoms with Crippen molar-refractivity contribution in [2.45, 2.75) is 6.54 Å². The summed E-state index contributed by atoms with van der Waals surface area (Å²) in [6.07, 6.45) is 5.47. The molecule has 2 heterocycles. The van der Waals surface area contributed by atoms with Gasteiger partial charge in [0, 0.05) is 34.9 Å². The minimum atomic E-state index is -0.385. The lowest BCUT2D eigenvalue weighted by Crippen LogP contribution is -2.03. The number of nitrogens with zero attached hydrogens (tertiary/aromatic N) is 2. The third kappa shape index (κ3) is 3.77. The van der Waals surface area contributed by atoms with Crippen molar-refractivity contribution >= 4 is 45.6 Å². The molecule has 0 spiro atoms. The van der Waals surface area contributed by atoms with E-state index in [2.05, 4.69) is 17.1 Å². The zero-order chi connectivity index (χ0) is 22.2. The van der Waals surface area contributed by atoms with Crippen LogP contribution in [-0.2, 0) is 6.54 Å². The van der Waals surface area contributed by atoms with E-state index >= 15 is 0 Å². The second kappa shape index (κ2) is 8.19. The van der Waals surface area contributed by atoms with Crippen LogP contribution in [-0.4, -0.2) is 15.3 Å². The van der Waals surface area contributed by atoms with Gasteiger partial charge in [0.2, 0.25) is 5.78 Å². The Morgan fingerprint density at radius 3 is 2.66 bits per heavy atom. The molecule has 0 radical (unpaired) electrons. The van der Waals surface area contributed by atoms with Crippen LogP contribution >= 0.6 is 23.2 Å². The van der Waals surface area contributed by atoms with Gasteiger partial charge in [-0.05, 0) is 53.1 Å². The number of hydrogen-bond donors (Lipinski definition) is 1. The predicted molar refractivity (Wildman–Crippen MR) is 127 cm³/mol. The topological polar surface area (TPSA) is 74.1 Å². The van der Waals surface area contributed by atoms with E-state index in [0.717, 1.165) is 23.2 Å². The lowest BCUT2D eigenvalue weighted by atomic mass is 10.0. The Kier molecular flexibility index (Phi) is 5.21. The Morgan fingerprint density at radius 1 is 1.03 bits per heavy atom. The summed E-state index contributed by atoms with van der Waals surface area (Å²) < 4.78 is 7.91. The second-order valence-corrected chi connectivity index (χ2v) is 8.29. The molecule has 158 valence electrons. The lowest BCUT2D eigenvalue weighted by molar-refractivity contribution is 0.101. The summed E-state index contributed by atoms with van der Waals surface area (Å²) >= 11 is 12.1. The fourth-order valence-corrected chi connectivity index (χ4v) is 4.20. The van der Waals surface area contributed by atoms with E-state index in [0.29, 0.717) is 16.0 Å². The van der Waals surface area contributed by atoms with Crippen molar-refractivity contribution in [3.8, 4) is 11.1 Å². The number of hydrogen-bond acceptors (Lipinski definition) is 4. The molecule has 3 aromatic carbocycles. The minimum absolute atomic E-state index is 0.0650. The number of rotatable bonds is 5. The average molecular weight is 462 g/mol. The van der Waals surface area contributed by atoms with Gasteiger partial charge in [0.25, 0.3) is 0 Å². The smallest absolute Gasteiger partial charge is 0.231 e. The van der Waals surface area contributed by atoms with Gasteiger partial charge in [-0.1, -0.05) is 47.5 Å². The SMILES string of the molecule is Nc1c(C(=O)c2ccc(Cl)cc2Cl)oc2cc(-c3cccc(Cn4ccnc4)c3)ccc12. The number of benzene rings is 3. The normalized spacial score (nSPS) is 11.2. The van der Waals surface area contributed by atoms with E-state index < -0.39 is 0 Å². The van der Waals surface area contributed by atoms with Gasteiger partial charge >= 0.3 is 0 Å².